The number of aromatic nitrogens is 2. The Kier molecular flexibility index (Phi) is 2.00. The highest BCUT2D eigenvalue weighted by molar-refractivity contribution is 5.80. The zero-order chi connectivity index (χ0) is 8.27. The topological polar surface area (TPSA) is 75.1 Å². The number of nitrogens with one attached hydrogen (secondary N) is 1. The number of aryl methyl sites for hydroxylation is 1. The highest BCUT2D eigenvalue weighted by Gasteiger charge is 1.98. The molecule has 0 aromatic carbocycles. The largest absolute Gasteiger partial charge is 0.465 e. The Balaban J connectivity index is 2.79. The molecule has 5 nitrogen and oxygen atoms in total. The van der Waals surface area contributed by atoms with Crippen LogP contribution in [-0.2, 0) is 0 Å². The van der Waals surface area contributed by atoms with Gasteiger partial charge in [-0.15, -0.1) is 0 Å². The highest BCUT2D eigenvalue weighted by atomic mass is 16.4. The number of carboxylic acid groups (broad SMARTS) is 1. The average Bonchev–Trinajstić information content (AvgIpc) is 1.85. The maximum Gasteiger partial charge on any atom is 0.411 e. The third kappa shape index (κ3) is 2.21. The Morgan fingerprint density at radius 1 is 1.73 bits per heavy atom. The van der Waals surface area contributed by atoms with Crippen LogP contribution >= 0.6 is 0 Å². The summed E-state index contributed by atoms with van der Waals surface area (Å²) in [5.41, 5.74) is 0.726. The molecular formula is C6H7N3O2. The van der Waals surface area contributed by atoms with Gasteiger partial charge in [0, 0.05) is 11.9 Å². The second kappa shape index (κ2) is 2.96. The van der Waals surface area contributed by atoms with Gasteiger partial charge in [0.05, 0.1) is 0 Å². The minimum absolute atomic E-state index is 0.109. The van der Waals surface area contributed by atoms with Crippen LogP contribution in [0.2, 0.25) is 0 Å². The molecule has 0 aliphatic carbocycles. The van der Waals surface area contributed by atoms with Gasteiger partial charge in [-0.05, 0) is 13.0 Å². The number of hydrogen-bond donors (Lipinski definition) is 2. The molecule has 1 heterocycles. The van der Waals surface area contributed by atoms with Crippen LogP contribution in [0, 0.1) is 6.92 Å². The summed E-state index contributed by atoms with van der Waals surface area (Å²) >= 11 is 0. The van der Waals surface area contributed by atoms with E-state index in [1.165, 1.54) is 6.20 Å². The number of carbonyl (C=O) groups is 1. The fourth-order valence-corrected chi connectivity index (χ4v) is 0.605. The third-order valence-electron chi connectivity index (χ3n) is 1.01. The van der Waals surface area contributed by atoms with Crippen LogP contribution in [0.5, 0.6) is 0 Å². The van der Waals surface area contributed by atoms with Gasteiger partial charge in [0.15, 0.2) is 0 Å². The van der Waals surface area contributed by atoms with E-state index in [1.807, 2.05) is 5.32 Å². The van der Waals surface area contributed by atoms with Crippen molar-refractivity contribution in [2.45, 2.75) is 6.92 Å². The molecule has 1 aromatic heterocycles. The third-order valence-corrected chi connectivity index (χ3v) is 1.01. The lowest BCUT2D eigenvalue weighted by atomic mass is 10.5. The van der Waals surface area contributed by atoms with Crippen molar-refractivity contribution in [1.29, 1.82) is 0 Å². The van der Waals surface area contributed by atoms with Crippen molar-refractivity contribution in [3.63, 3.8) is 0 Å². The summed E-state index contributed by atoms with van der Waals surface area (Å²) in [5, 5.41) is 10.3. The van der Waals surface area contributed by atoms with Crippen LogP contribution in [0.25, 0.3) is 0 Å². The van der Waals surface area contributed by atoms with Gasteiger partial charge in [0.2, 0.25) is 5.95 Å². The van der Waals surface area contributed by atoms with E-state index >= 15 is 0 Å². The molecule has 11 heavy (non-hydrogen) atoms. The standard InChI is InChI=1S/C6H7N3O2/c1-4-2-3-7-5(8-4)9-6(10)11/h2-3H,1H3,(H,10,11)(H,7,8,9). The average molecular weight is 153 g/mol. The summed E-state index contributed by atoms with van der Waals surface area (Å²) in [6.07, 6.45) is 0.337. The van der Waals surface area contributed by atoms with Gasteiger partial charge in [0.25, 0.3) is 0 Å². The quantitative estimate of drug-likeness (QED) is 0.627. The van der Waals surface area contributed by atoms with E-state index in [1.54, 1.807) is 13.0 Å². The van der Waals surface area contributed by atoms with Crippen LogP contribution in [0.4, 0.5) is 10.7 Å². The molecule has 1 aromatic rings. The summed E-state index contributed by atoms with van der Waals surface area (Å²) in [5.74, 6) is 0.109. The molecule has 5 heteroatoms. The van der Waals surface area contributed by atoms with Crippen LogP contribution in [-0.4, -0.2) is 21.2 Å². The first kappa shape index (κ1) is 7.46. The van der Waals surface area contributed by atoms with Gasteiger partial charge < -0.3 is 5.11 Å². The minimum Gasteiger partial charge on any atom is -0.465 e. The SMILES string of the molecule is Cc1ccnc(NC(=O)O)n1. The van der Waals surface area contributed by atoms with Crippen molar-refractivity contribution < 1.29 is 9.90 Å². The van der Waals surface area contributed by atoms with Gasteiger partial charge >= 0.3 is 6.09 Å². The van der Waals surface area contributed by atoms with E-state index in [2.05, 4.69) is 9.97 Å². The molecule has 0 saturated carbocycles. The lowest BCUT2D eigenvalue weighted by Gasteiger charge is -1.97. The fourth-order valence-electron chi connectivity index (χ4n) is 0.605. The van der Waals surface area contributed by atoms with Crippen LogP contribution in [0.3, 0.4) is 0 Å². The summed E-state index contributed by atoms with van der Waals surface area (Å²) in [4.78, 5) is 17.6. The number of nitrogens with zero attached hydrogens (tertiary/aromatic N) is 2. The minimum atomic E-state index is -1.16. The molecule has 0 unspecified atom stereocenters. The molecule has 2 N–H and O–H groups in total. The molecule has 0 fully saturated rings. The first-order valence-electron chi connectivity index (χ1n) is 2.98. The Morgan fingerprint density at radius 2 is 2.45 bits per heavy atom. The van der Waals surface area contributed by atoms with Gasteiger partial charge in [-0.3, -0.25) is 5.32 Å². The molecule has 1 rings (SSSR count). The van der Waals surface area contributed by atoms with E-state index < -0.39 is 6.09 Å². The summed E-state index contributed by atoms with van der Waals surface area (Å²) < 4.78 is 0. The van der Waals surface area contributed by atoms with E-state index in [9.17, 15) is 4.79 Å². The van der Waals surface area contributed by atoms with Crippen LogP contribution < -0.4 is 5.32 Å². The molecule has 58 valence electrons. The summed E-state index contributed by atoms with van der Waals surface area (Å²) in [6, 6.07) is 1.69. The van der Waals surface area contributed by atoms with Gasteiger partial charge in [0.1, 0.15) is 0 Å². The lowest BCUT2D eigenvalue weighted by molar-refractivity contribution is 0.209. The van der Waals surface area contributed by atoms with Gasteiger partial charge in [-0.25, -0.2) is 14.8 Å². The van der Waals surface area contributed by atoms with Crippen molar-refractivity contribution in [2.24, 2.45) is 0 Å². The maximum absolute atomic E-state index is 10.1. The first-order chi connectivity index (χ1) is 5.18. The van der Waals surface area contributed by atoms with Crippen molar-refractivity contribution in [2.75, 3.05) is 5.32 Å². The summed E-state index contributed by atoms with van der Waals surface area (Å²) in [6.45, 7) is 1.76. The Morgan fingerprint density at radius 3 is 3.00 bits per heavy atom. The molecule has 0 aliphatic heterocycles. The maximum atomic E-state index is 10.1. The van der Waals surface area contributed by atoms with E-state index in [-0.39, 0.29) is 5.95 Å². The number of amides is 1. The number of anilines is 1. The predicted octanol–water partition coefficient (Wildman–Crippen LogP) is 0.875. The van der Waals surface area contributed by atoms with Crippen molar-refractivity contribution in [1.82, 2.24) is 9.97 Å². The van der Waals surface area contributed by atoms with E-state index in [0.29, 0.717) is 0 Å². The van der Waals surface area contributed by atoms with E-state index in [0.717, 1.165) is 5.69 Å². The smallest absolute Gasteiger partial charge is 0.411 e. The number of rotatable bonds is 1. The zero-order valence-electron chi connectivity index (χ0n) is 5.90. The second-order valence-electron chi connectivity index (χ2n) is 1.95. The second-order valence-corrected chi connectivity index (χ2v) is 1.95. The summed E-state index contributed by atoms with van der Waals surface area (Å²) in [7, 11) is 0. The Bertz CT molecular complexity index is 274. The van der Waals surface area contributed by atoms with E-state index in [4.69, 9.17) is 5.11 Å². The van der Waals surface area contributed by atoms with Crippen molar-refractivity contribution in [3.8, 4) is 0 Å². The molecule has 0 aliphatic rings. The van der Waals surface area contributed by atoms with Crippen molar-refractivity contribution >= 4 is 12.0 Å². The monoisotopic (exact) mass is 153 g/mol. The molecule has 0 atom stereocenters. The lowest BCUT2D eigenvalue weighted by Crippen LogP contribution is -2.10. The molecular weight excluding hydrogens is 146 g/mol. The molecule has 1 amide bonds. The van der Waals surface area contributed by atoms with Crippen LogP contribution in [0.1, 0.15) is 5.69 Å². The molecule has 0 bridgehead atoms. The van der Waals surface area contributed by atoms with Gasteiger partial charge in [-0.2, -0.15) is 0 Å². The normalized spacial score (nSPS) is 9.18. The Labute approximate surface area is 63.1 Å². The predicted molar refractivity (Wildman–Crippen MR) is 38.4 cm³/mol. The highest BCUT2D eigenvalue weighted by Crippen LogP contribution is 1.97. The number of hydrogen-bond acceptors (Lipinski definition) is 3. The van der Waals surface area contributed by atoms with Gasteiger partial charge in [-0.1, -0.05) is 0 Å². The van der Waals surface area contributed by atoms with Crippen LogP contribution in [0.15, 0.2) is 12.3 Å². The molecule has 0 spiro atoms. The Hall–Kier alpha value is -1.65. The zero-order valence-corrected chi connectivity index (χ0v) is 5.90. The first-order valence-corrected chi connectivity index (χ1v) is 2.98. The molecule has 0 radical (unpaired) electrons. The fraction of sp³-hybridized carbons (Fsp3) is 0.167. The van der Waals surface area contributed by atoms with Crippen molar-refractivity contribution in [3.05, 3.63) is 18.0 Å². The molecule has 0 saturated heterocycles.